The lowest BCUT2D eigenvalue weighted by atomic mass is 10.1. The highest BCUT2D eigenvalue weighted by atomic mass is 35.5. The van der Waals surface area contributed by atoms with E-state index in [0.717, 1.165) is 5.69 Å². The maximum atomic E-state index is 12.1. The summed E-state index contributed by atoms with van der Waals surface area (Å²) in [5, 5.41) is 5.94. The van der Waals surface area contributed by atoms with Gasteiger partial charge in [-0.2, -0.15) is 0 Å². The first kappa shape index (κ1) is 19.1. The monoisotopic (exact) mass is 367 g/mol. The number of halogens is 1. The van der Waals surface area contributed by atoms with E-state index in [4.69, 9.17) is 16.3 Å². The quantitative estimate of drug-likeness (QED) is 0.721. The third-order valence-corrected chi connectivity index (χ3v) is 4.07. The Kier molecular flexibility index (Phi) is 7.06. The molecule has 0 radical (unpaired) electrons. The van der Waals surface area contributed by atoms with E-state index in [2.05, 4.69) is 10.6 Å². The van der Waals surface area contributed by atoms with Crippen molar-refractivity contribution in [2.75, 3.05) is 31.1 Å². The van der Waals surface area contributed by atoms with E-state index in [1.165, 1.54) is 0 Å². The second kappa shape index (κ2) is 9.27. The Labute approximate surface area is 151 Å². The summed E-state index contributed by atoms with van der Waals surface area (Å²) in [5.74, 6) is -0.279. The van der Waals surface area contributed by atoms with Crippen molar-refractivity contribution >= 4 is 35.2 Å². The van der Waals surface area contributed by atoms with Crippen LogP contribution in [0.25, 0.3) is 0 Å². The average molecular weight is 368 g/mol. The summed E-state index contributed by atoms with van der Waals surface area (Å²) in [5.41, 5.74) is 0.802. The number of urea groups is 1. The van der Waals surface area contributed by atoms with Crippen LogP contribution >= 0.6 is 11.6 Å². The molecular formula is C17H22ClN3O4. The fourth-order valence-electron chi connectivity index (χ4n) is 2.60. The molecule has 1 aliphatic rings. The van der Waals surface area contributed by atoms with Crippen LogP contribution in [0.5, 0.6) is 0 Å². The molecule has 1 unspecified atom stereocenters. The molecule has 1 aromatic carbocycles. The van der Waals surface area contributed by atoms with Crippen LogP contribution in [0.3, 0.4) is 0 Å². The number of benzene rings is 1. The van der Waals surface area contributed by atoms with Gasteiger partial charge in [0.2, 0.25) is 5.91 Å². The van der Waals surface area contributed by atoms with Crippen LogP contribution in [0.2, 0.25) is 5.02 Å². The minimum absolute atomic E-state index is 0.0249. The molecule has 0 saturated carbocycles. The van der Waals surface area contributed by atoms with Crippen LogP contribution in [0.4, 0.5) is 10.5 Å². The van der Waals surface area contributed by atoms with Crippen LogP contribution < -0.4 is 15.5 Å². The highest BCUT2D eigenvalue weighted by molar-refractivity contribution is 6.30. The number of carbonyl (C=O) groups excluding carboxylic acids is 3. The SMILES string of the molecule is CCOC(=O)CCNC(=O)NCC1CC(=O)N(c2ccc(Cl)cc2)C1. The van der Waals surface area contributed by atoms with Gasteiger partial charge in [-0.3, -0.25) is 9.59 Å². The largest absolute Gasteiger partial charge is 0.466 e. The van der Waals surface area contributed by atoms with E-state index in [-0.39, 0.29) is 36.8 Å². The van der Waals surface area contributed by atoms with E-state index in [0.29, 0.717) is 31.1 Å². The molecule has 1 saturated heterocycles. The fourth-order valence-corrected chi connectivity index (χ4v) is 2.73. The number of rotatable bonds is 7. The van der Waals surface area contributed by atoms with Gasteiger partial charge in [0, 0.05) is 42.7 Å². The molecule has 0 aromatic heterocycles. The summed E-state index contributed by atoms with van der Waals surface area (Å²) in [4.78, 5) is 36.7. The Balaban J connectivity index is 1.71. The number of amides is 3. The van der Waals surface area contributed by atoms with Gasteiger partial charge in [-0.15, -0.1) is 0 Å². The third kappa shape index (κ3) is 5.94. The minimum atomic E-state index is -0.360. The molecule has 136 valence electrons. The van der Waals surface area contributed by atoms with Gasteiger partial charge in [-0.05, 0) is 31.2 Å². The summed E-state index contributed by atoms with van der Waals surface area (Å²) in [7, 11) is 0. The summed E-state index contributed by atoms with van der Waals surface area (Å²) in [6.45, 7) is 3.20. The lowest BCUT2D eigenvalue weighted by Crippen LogP contribution is -2.39. The van der Waals surface area contributed by atoms with Gasteiger partial charge >= 0.3 is 12.0 Å². The standard InChI is InChI=1S/C17H22ClN3O4/c1-2-25-16(23)7-8-19-17(24)20-10-12-9-15(22)21(11-12)14-5-3-13(18)4-6-14/h3-6,12H,2,7-11H2,1H3,(H2,19,20,24). The summed E-state index contributed by atoms with van der Waals surface area (Å²) in [6, 6.07) is 6.73. The molecule has 7 nitrogen and oxygen atoms in total. The Morgan fingerprint density at radius 1 is 1.28 bits per heavy atom. The lowest BCUT2D eigenvalue weighted by Gasteiger charge is -2.17. The molecule has 2 N–H and O–H groups in total. The van der Waals surface area contributed by atoms with Gasteiger partial charge in [0.1, 0.15) is 0 Å². The summed E-state index contributed by atoms with van der Waals surface area (Å²) in [6.07, 6.45) is 0.513. The highest BCUT2D eigenvalue weighted by Gasteiger charge is 2.30. The van der Waals surface area contributed by atoms with Crippen molar-refractivity contribution in [2.24, 2.45) is 5.92 Å². The second-order valence-electron chi connectivity index (χ2n) is 5.74. The molecule has 0 spiro atoms. The highest BCUT2D eigenvalue weighted by Crippen LogP contribution is 2.25. The van der Waals surface area contributed by atoms with E-state index >= 15 is 0 Å². The second-order valence-corrected chi connectivity index (χ2v) is 6.18. The number of esters is 1. The normalized spacial score (nSPS) is 16.6. The van der Waals surface area contributed by atoms with Crippen molar-refractivity contribution in [3.05, 3.63) is 29.3 Å². The number of hydrogen-bond acceptors (Lipinski definition) is 4. The summed E-state index contributed by atoms with van der Waals surface area (Å²) >= 11 is 5.86. The smallest absolute Gasteiger partial charge is 0.314 e. The zero-order chi connectivity index (χ0) is 18.2. The fraction of sp³-hybridized carbons (Fsp3) is 0.471. The third-order valence-electron chi connectivity index (χ3n) is 3.81. The van der Waals surface area contributed by atoms with Crippen molar-refractivity contribution in [1.82, 2.24) is 10.6 Å². The van der Waals surface area contributed by atoms with Crippen LogP contribution in [-0.4, -0.2) is 44.1 Å². The molecule has 0 aliphatic carbocycles. The molecule has 3 amide bonds. The minimum Gasteiger partial charge on any atom is -0.466 e. The molecule has 1 aliphatic heterocycles. The topological polar surface area (TPSA) is 87.7 Å². The Morgan fingerprint density at radius 2 is 2.00 bits per heavy atom. The van der Waals surface area contributed by atoms with Gasteiger partial charge in [-0.25, -0.2) is 4.79 Å². The van der Waals surface area contributed by atoms with Crippen molar-refractivity contribution in [3.8, 4) is 0 Å². The molecule has 8 heteroatoms. The molecule has 1 fully saturated rings. The average Bonchev–Trinajstić information content (AvgIpc) is 2.95. The number of ether oxygens (including phenoxy) is 1. The van der Waals surface area contributed by atoms with Gasteiger partial charge in [0.25, 0.3) is 0 Å². The van der Waals surface area contributed by atoms with Crippen molar-refractivity contribution < 1.29 is 19.1 Å². The molecule has 2 rings (SSSR count). The maximum absolute atomic E-state index is 12.1. The van der Waals surface area contributed by atoms with Crippen LogP contribution in [0.1, 0.15) is 19.8 Å². The molecule has 0 bridgehead atoms. The molecule has 25 heavy (non-hydrogen) atoms. The number of nitrogens with one attached hydrogen (secondary N) is 2. The first-order valence-electron chi connectivity index (χ1n) is 8.23. The maximum Gasteiger partial charge on any atom is 0.314 e. The predicted molar refractivity (Wildman–Crippen MR) is 94.6 cm³/mol. The molecule has 1 heterocycles. The first-order valence-corrected chi connectivity index (χ1v) is 8.60. The number of carbonyl (C=O) groups is 3. The van der Waals surface area contributed by atoms with Crippen LogP contribution in [0, 0.1) is 5.92 Å². The lowest BCUT2D eigenvalue weighted by molar-refractivity contribution is -0.142. The van der Waals surface area contributed by atoms with Crippen molar-refractivity contribution in [2.45, 2.75) is 19.8 Å². The van der Waals surface area contributed by atoms with Crippen molar-refractivity contribution in [3.63, 3.8) is 0 Å². The number of hydrogen-bond donors (Lipinski definition) is 2. The molecule has 1 atom stereocenters. The Morgan fingerprint density at radius 3 is 2.68 bits per heavy atom. The zero-order valence-electron chi connectivity index (χ0n) is 14.1. The van der Waals surface area contributed by atoms with E-state index in [9.17, 15) is 14.4 Å². The van der Waals surface area contributed by atoms with Gasteiger partial charge in [-0.1, -0.05) is 11.6 Å². The molecule has 1 aromatic rings. The first-order chi connectivity index (χ1) is 12.0. The zero-order valence-corrected chi connectivity index (χ0v) is 14.8. The van der Waals surface area contributed by atoms with E-state index < -0.39 is 0 Å². The number of nitrogens with zero attached hydrogens (tertiary/aromatic N) is 1. The van der Waals surface area contributed by atoms with E-state index in [1.54, 1.807) is 36.1 Å². The number of anilines is 1. The van der Waals surface area contributed by atoms with Gasteiger partial charge in [0.05, 0.1) is 13.0 Å². The Hall–Kier alpha value is -2.28. The summed E-state index contributed by atoms with van der Waals surface area (Å²) < 4.78 is 4.78. The molecular weight excluding hydrogens is 346 g/mol. The van der Waals surface area contributed by atoms with E-state index in [1.807, 2.05) is 0 Å². The Bertz CT molecular complexity index is 621. The van der Waals surface area contributed by atoms with Gasteiger partial charge in [0.15, 0.2) is 0 Å². The predicted octanol–water partition coefficient (Wildman–Crippen LogP) is 1.95. The van der Waals surface area contributed by atoms with Crippen molar-refractivity contribution in [1.29, 1.82) is 0 Å². The van der Waals surface area contributed by atoms with Crippen LogP contribution in [-0.2, 0) is 14.3 Å². The van der Waals surface area contributed by atoms with Crippen LogP contribution in [0.15, 0.2) is 24.3 Å². The van der Waals surface area contributed by atoms with Gasteiger partial charge < -0.3 is 20.3 Å².